The van der Waals surface area contributed by atoms with Crippen LogP contribution in [0.5, 0.6) is 0 Å². The Morgan fingerprint density at radius 3 is 2.63 bits per heavy atom. The van der Waals surface area contributed by atoms with Crippen molar-refractivity contribution in [2.24, 2.45) is 4.99 Å². The molecule has 0 radical (unpaired) electrons. The van der Waals surface area contributed by atoms with Crippen molar-refractivity contribution < 1.29 is 14.3 Å². The van der Waals surface area contributed by atoms with Crippen LogP contribution in [0.3, 0.4) is 0 Å². The van der Waals surface area contributed by atoms with Gasteiger partial charge in [-0.3, -0.25) is 14.7 Å². The number of carbonyl (C=O) groups is 2. The minimum atomic E-state index is -0.440. The largest absolute Gasteiger partial charge is 0.453 e. The van der Waals surface area contributed by atoms with E-state index in [1.165, 1.54) is 12.0 Å². The number of benzene rings is 1. The normalized spacial score (nSPS) is 23.5. The fraction of sp³-hybridized carbons (Fsp3) is 0.450. The van der Waals surface area contributed by atoms with E-state index < -0.39 is 6.09 Å². The van der Waals surface area contributed by atoms with Gasteiger partial charge in [-0.25, -0.2) is 4.79 Å². The summed E-state index contributed by atoms with van der Waals surface area (Å²) in [5, 5.41) is 0. The van der Waals surface area contributed by atoms with E-state index in [1.54, 1.807) is 0 Å². The summed E-state index contributed by atoms with van der Waals surface area (Å²) in [6.07, 6.45) is 3.16. The average molecular weight is 434 g/mol. The number of allylic oxidation sites excluding steroid dienone is 1. The molecule has 0 aromatic heterocycles. The number of piperazine rings is 1. The Balaban J connectivity index is 1.72. The molecule has 0 saturated carbocycles. The summed E-state index contributed by atoms with van der Waals surface area (Å²) in [4.78, 5) is 32.4. The topological polar surface area (TPSA) is 62.2 Å². The van der Waals surface area contributed by atoms with Crippen LogP contribution in [0.2, 0.25) is 0 Å². The van der Waals surface area contributed by atoms with Crippen LogP contribution < -0.4 is 0 Å². The van der Waals surface area contributed by atoms with Gasteiger partial charge in [0.25, 0.3) is 0 Å². The molecule has 0 spiro atoms. The predicted molar refractivity (Wildman–Crippen MR) is 109 cm³/mol. The lowest BCUT2D eigenvalue weighted by molar-refractivity contribution is -0.137. The molecule has 2 aliphatic rings. The predicted octanol–water partition coefficient (Wildman–Crippen LogP) is 3.71. The van der Waals surface area contributed by atoms with Crippen LogP contribution in [0.4, 0.5) is 4.79 Å². The van der Waals surface area contributed by atoms with Crippen LogP contribution >= 0.6 is 15.9 Å². The van der Waals surface area contributed by atoms with Gasteiger partial charge in [-0.1, -0.05) is 28.1 Å². The highest BCUT2D eigenvalue weighted by Crippen LogP contribution is 2.29. The van der Waals surface area contributed by atoms with Crippen LogP contribution in [-0.2, 0) is 9.53 Å². The Labute approximate surface area is 168 Å². The molecular formula is C20H24BrN3O3. The number of amides is 2. The third-order valence-electron chi connectivity index (χ3n) is 5.22. The van der Waals surface area contributed by atoms with E-state index in [4.69, 9.17) is 4.74 Å². The first-order valence-electron chi connectivity index (χ1n) is 9.01. The van der Waals surface area contributed by atoms with Crippen LogP contribution in [0, 0.1) is 0 Å². The van der Waals surface area contributed by atoms with Gasteiger partial charge in [-0.05, 0) is 50.0 Å². The molecule has 2 fully saturated rings. The zero-order chi connectivity index (χ0) is 19.6. The Kier molecular flexibility index (Phi) is 5.99. The van der Waals surface area contributed by atoms with E-state index in [0.717, 1.165) is 34.2 Å². The third kappa shape index (κ3) is 4.24. The molecule has 2 atom stereocenters. The van der Waals surface area contributed by atoms with Gasteiger partial charge in [-0.2, -0.15) is 0 Å². The van der Waals surface area contributed by atoms with E-state index in [-0.39, 0.29) is 24.5 Å². The molecule has 3 rings (SSSR count). The van der Waals surface area contributed by atoms with Crippen LogP contribution in [0.15, 0.2) is 39.9 Å². The second-order valence-corrected chi connectivity index (χ2v) is 7.90. The van der Waals surface area contributed by atoms with Crippen molar-refractivity contribution in [2.45, 2.75) is 38.8 Å². The summed E-state index contributed by atoms with van der Waals surface area (Å²) in [7, 11) is 1.34. The standard InChI is InChI=1S/C20H24BrN3O3/c1-13(15-4-6-16(21)7-5-15)10-22-14(2)18-9-8-17-11-23(20(26)27-3)12-19(25)24(17)18/h4-7,10,17-18H,8-9,11-12H2,1-3H3/b13-10+,22-14?/t17-,18-/m0/s1. The molecule has 2 heterocycles. The van der Waals surface area contributed by atoms with Gasteiger partial charge in [0.2, 0.25) is 5.91 Å². The molecule has 2 saturated heterocycles. The highest BCUT2D eigenvalue weighted by molar-refractivity contribution is 9.10. The fourth-order valence-electron chi connectivity index (χ4n) is 3.75. The molecule has 1 aromatic rings. The molecular weight excluding hydrogens is 410 g/mol. The number of hydrogen-bond acceptors (Lipinski definition) is 4. The first kappa shape index (κ1) is 19.6. The lowest BCUT2D eigenvalue weighted by atomic mass is 10.1. The van der Waals surface area contributed by atoms with Crippen LogP contribution in [-0.4, -0.2) is 59.8 Å². The van der Waals surface area contributed by atoms with Crippen molar-refractivity contribution >= 4 is 39.2 Å². The van der Waals surface area contributed by atoms with E-state index in [9.17, 15) is 9.59 Å². The zero-order valence-corrected chi connectivity index (χ0v) is 17.4. The molecule has 2 amide bonds. The summed E-state index contributed by atoms with van der Waals surface area (Å²) in [5.41, 5.74) is 3.11. The van der Waals surface area contributed by atoms with Crippen molar-refractivity contribution in [3.05, 3.63) is 40.5 Å². The van der Waals surface area contributed by atoms with E-state index >= 15 is 0 Å². The molecule has 0 aliphatic carbocycles. The summed E-state index contributed by atoms with van der Waals surface area (Å²) in [5.74, 6) is -0.0395. The second kappa shape index (κ2) is 8.25. The number of hydrogen-bond donors (Lipinski definition) is 0. The van der Waals surface area contributed by atoms with Crippen molar-refractivity contribution in [2.75, 3.05) is 20.2 Å². The first-order chi connectivity index (χ1) is 12.9. The number of ether oxygens (including phenoxy) is 1. The van der Waals surface area contributed by atoms with E-state index in [1.807, 2.05) is 49.2 Å². The molecule has 6 nitrogen and oxygen atoms in total. The lowest BCUT2D eigenvalue weighted by Crippen LogP contribution is -2.58. The molecule has 0 unspecified atom stereocenters. The molecule has 0 bridgehead atoms. The van der Waals surface area contributed by atoms with Gasteiger partial charge in [-0.15, -0.1) is 0 Å². The second-order valence-electron chi connectivity index (χ2n) is 6.99. The Hall–Kier alpha value is -2.15. The molecule has 2 aliphatic heterocycles. The van der Waals surface area contributed by atoms with Crippen molar-refractivity contribution in [3.8, 4) is 0 Å². The van der Waals surface area contributed by atoms with Gasteiger partial charge in [0.15, 0.2) is 0 Å². The maximum Gasteiger partial charge on any atom is 0.410 e. The lowest BCUT2D eigenvalue weighted by Gasteiger charge is -2.39. The van der Waals surface area contributed by atoms with E-state index in [0.29, 0.717) is 6.54 Å². The molecule has 144 valence electrons. The highest BCUT2D eigenvalue weighted by atomic mass is 79.9. The number of rotatable bonds is 3. The van der Waals surface area contributed by atoms with Gasteiger partial charge in [0.1, 0.15) is 6.54 Å². The van der Waals surface area contributed by atoms with Crippen molar-refractivity contribution in [1.82, 2.24) is 9.80 Å². The molecule has 27 heavy (non-hydrogen) atoms. The van der Waals surface area contributed by atoms with Gasteiger partial charge in [0, 0.05) is 22.9 Å². The number of aliphatic imine (C=N–C) groups is 1. The smallest absolute Gasteiger partial charge is 0.410 e. The molecule has 0 N–H and O–H groups in total. The fourth-order valence-corrected chi connectivity index (χ4v) is 4.02. The monoisotopic (exact) mass is 433 g/mol. The van der Waals surface area contributed by atoms with E-state index in [2.05, 4.69) is 20.9 Å². The number of methoxy groups -OCH3 is 1. The molecule has 7 heteroatoms. The molecule has 1 aromatic carbocycles. The third-order valence-corrected chi connectivity index (χ3v) is 5.75. The number of carbonyl (C=O) groups excluding carboxylic acids is 2. The maximum absolute atomic E-state index is 12.6. The Bertz CT molecular complexity index is 788. The minimum absolute atomic E-state index is 0.00346. The number of halogens is 1. The Morgan fingerprint density at radius 1 is 1.26 bits per heavy atom. The summed E-state index contributed by atoms with van der Waals surface area (Å²) in [6, 6.07) is 8.13. The van der Waals surface area contributed by atoms with Crippen molar-refractivity contribution in [3.63, 3.8) is 0 Å². The minimum Gasteiger partial charge on any atom is -0.453 e. The highest BCUT2D eigenvalue weighted by Gasteiger charge is 2.43. The maximum atomic E-state index is 12.6. The number of fused-ring (bicyclic) bond motifs is 1. The number of nitrogens with zero attached hydrogens (tertiary/aromatic N) is 3. The van der Waals surface area contributed by atoms with Crippen LogP contribution in [0.25, 0.3) is 5.57 Å². The van der Waals surface area contributed by atoms with Gasteiger partial charge in [0.05, 0.1) is 19.2 Å². The van der Waals surface area contributed by atoms with Crippen LogP contribution in [0.1, 0.15) is 32.3 Å². The first-order valence-corrected chi connectivity index (χ1v) is 9.81. The Morgan fingerprint density at radius 2 is 1.96 bits per heavy atom. The summed E-state index contributed by atoms with van der Waals surface area (Å²) >= 11 is 3.44. The zero-order valence-electron chi connectivity index (χ0n) is 15.8. The summed E-state index contributed by atoms with van der Waals surface area (Å²) in [6.45, 7) is 4.59. The average Bonchev–Trinajstić information content (AvgIpc) is 3.10. The summed E-state index contributed by atoms with van der Waals surface area (Å²) < 4.78 is 5.80. The van der Waals surface area contributed by atoms with Crippen molar-refractivity contribution in [1.29, 1.82) is 0 Å². The van der Waals surface area contributed by atoms with Gasteiger partial charge < -0.3 is 9.64 Å². The SMILES string of the molecule is COC(=O)N1CC(=O)N2[C@@H](CC[C@H]2C(C)=N/C=C(\C)c2ccc(Br)cc2)C1. The van der Waals surface area contributed by atoms with Gasteiger partial charge >= 0.3 is 6.09 Å². The quantitative estimate of drug-likeness (QED) is 0.682.